The zero-order valence-corrected chi connectivity index (χ0v) is 11.7. The molecule has 5 heteroatoms. The normalized spacial score (nSPS) is 9.35. The van der Waals surface area contributed by atoms with Crippen LogP contribution in [0.3, 0.4) is 0 Å². The van der Waals surface area contributed by atoms with Crippen molar-refractivity contribution >= 4 is 11.8 Å². The Hall–Kier alpha value is -2.32. The van der Waals surface area contributed by atoms with Gasteiger partial charge in [0.05, 0.1) is 13.1 Å². The van der Waals surface area contributed by atoms with E-state index in [2.05, 4.69) is 22.5 Å². The van der Waals surface area contributed by atoms with E-state index in [1.54, 1.807) is 12.1 Å². The molecule has 0 aromatic heterocycles. The van der Waals surface area contributed by atoms with Crippen LogP contribution in [0.4, 0.5) is 0 Å². The molecule has 0 saturated carbocycles. The lowest BCUT2D eigenvalue weighted by molar-refractivity contribution is -0.120. The van der Waals surface area contributed by atoms with Crippen molar-refractivity contribution in [1.82, 2.24) is 10.6 Å². The number of carbonyl (C=O) groups is 2. The van der Waals surface area contributed by atoms with E-state index in [0.717, 1.165) is 11.1 Å². The highest BCUT2D eigenvalue weighted by molar-refractivity contribution is 5.98. The van der Waals surface area contributed by atoms with Gasteiger partial charge in [0, 0.05) is 17.7 Å². The molecule has 0 fully saturated rings. The third-order valence-electron chi connectivity index (χ3n) is 2.69. The van der Waals surface area contributed by atoms with Crippen molar-refractivity contribution in [3.8, 4) is 11.8 Å². The van der Waals surface area contributed by atoms with E-state index in [1.807, 2.05) is 19.9 Å². The molecule has 0 heterocycles. The molecular weight excluding hydrogens is 254 g/mol. The van der Waals surface area contributed by atoms with Crippen LogP contribution in [0.5, 0.6) is 0 Å². The first kappa shape index (κ1) is 15.7. The Kier molecular flexibility index (Phi) is 6.27. The van der Waals surface area contributed by atoms with Crippen LogP contribution in [-0.2, 0) is 4.79 Å². The van der Waals surface area contributed by atoms with Crippen LogP contribution in [0, 0.1) is 18.8 Å². The van der Waals surface area contributed by atoms with Gasteiger partial charge in [-0.3, -0.25) is 9.59 Å². The second-order valence-electron chi connectivity index (χ2n) is 4.12. The van der Waals surface area contributed by atoms with Crippen LogP contribution < -0.4 is 16.4 Å². The summed E-state index contributed by atoms with van der Waals surface area (Å²) in [6.45, 7) is 4.42. The van der Waals surface area contributed by atoms with Gasteiger partial charge in [-0.25, -0.2) is 0 Å². The van der Waals surface area contributed by atoms with Gasteiger partial charge in [-0.1, -0.05) is 17.9 Å². The van der Waals surface area contributed by atoms with Gasteiger partial charge in [0.15, 0.2) is 0 Å². The number of likely N-dealkylation sites (N-methyl/N-ethyl adjacent to an activating group) is 1. The van der Waals surface area contributed by atoms with Gasteiger partial charge in [0.25, 0.3) is 5.91 Å². The number of hydrogen-bond donors (Lipinski definition) is 3. The highest BCUT2D eigenvalue weighted by Crippen LogP contribution is 2.12. The minimum absolute atomic E-state index is 0.0369. The maximum absolute atomic E-state index is 12.0. The summed E-state index contributed by atoms with van der Waals surface area (Å²) in [6.07, 6.45) is 0. The fourth-order valence-electron chi connectivity index (χ4n) is 1.68. The number of rotatable bonds is 4. The lowest BCUT2D eigenvalue weighted by Crippen LogP contribution is -2.37. The van der Waals surface area contributed by atoms with Crippen molar-refractivity contribution in [2.45, 2.75) is 13.8 Å². The Balaban J connectivity index is 2.81. The van der Waals surface area contributed by atoms with Crippen molar-refractivity contribution in [2.24, 2.45) is 5.73 Å². The van der Waals surface area contributed by atoms with Crippen LogP contribution in [-0.4, -0.2) is 31.4 Å². The van der Waals surface area contributed by atoms with E-state index in [-0.39, 0.29) is 24.9 Å². The molecule has 0 bridgehead atoms. The number of nitrogens with one attached hydrogen (secondary N) is 2. The number of hydrogen-bond acceptors (Lipinski definition) is 3. The third-order valence-corrected chi connectivity index (χ3v) is 2.69. The number of amides is 2. The van der Waals surface area contributed by atoms with E-state index in [4.69, 9.17) is 5.73 Å². The topological polar surface area (TPSA) is 84.2 Å². The highest BCUT2D eigenvalue weighted by atomic mass is 16.2. The number of carbonyl (C=O) groups excluding carboxylic acids is 2. The molecule has 1 aromatic carbocycles. The van der Waals surface area contributed by atoms with Gasteiger partial charge >= 0.3 is 0 Å². The Morgan fingerprint density at radius 1 is 1.30 bits per heavy atom. The smallest absolute Gasteiger partial charge is 0.252 e. The first-order valence-electron chi connectivity index (χ1n) is 6.43. The quantitative estimate of drug-likeness (QED) is 0.684. The average Bonchev–Trinajstić information content (AvgIpc) is 2.44. The summed E-state index contributed by atoms with van der Waals surface area (Å²) in [7, 11) is 0. The molecule has 0 aliphatic carbocycles. The monoisotopic (exact) mass is 273 g/mol. The van der Waals surface area contributed by atoms with E-state index in [9.17, 15) is 9.59 Å². The van der Waals surface area contributed by atoms with Crippen molar-refractivity contribution in [1.29, 1.82) is 0 Å². The van der Waals surface area contributed by atoms with E-state index in [1.165, 1.54) is 0 Å². The summed E-state index contributed by atoms with van der Waals surface area (Å²) in [6, 6.07) is 5.29. The minimum Gasteiger partial charge on any atom is -0.355 e. The molecule has 0 saturated heterocycles. The maximum atomic E-state index is 12.0. The molecule has 1 aromatic rings. The van der Waals surface area contributed by atoms with E-state index in [0.29, 0.717) is 12.1 Å². The SMILES string of the molecule is CCNC(=O)CNC(=O)c1cccc(C#CCN)c1C. The molecule has 0 unspecified atom stereocenters. The van der Waals surface area contributed by atoms with Gasteiger partial charge in [-0.2, -0.15) is 0 Å². The lowest BCUT2D eigenvalue weighted by Gasteiger charge is -2.09. The fraction of sp³-hybridized carbons (Fsp3) is 0.333. The van der Waals surface area contributed by atoms with Crippen molar-refractivity contribution in [3.05, 3.63) is 34.9 Å². The van der Waals surface area contributed by atoms with Crippen LogP contribution in [0.1, 0.15) is 28.4 Å². The van der Waals surface area contributed by atoms with Gasteiger partial charge in [-0.05, 0) is 31.5 Å². The first-order chi connectivity index (χ1) is 9.60. The molecule has 0 radical (unpaired) electrons. The predicted octanol–water partition coefficient (Wildman–Crippen LogP) is 0.171. The van der Waals surface area contributed by atoms with Gasteiger partial charge in [0.2, 0.25) is 5.91 Å². The molecule has 0 spiro atoms. The van der Waals surface area contributed by atoms with Crippen LogP contribution in [0.25, 0.3) is 0 Å². The van der Waals surface area contributed by atoms with Crippen molar-refractivity contribution in [3.63, 3.8) is 0 Å². The molecule has 0 atom stereocenters. The zero-order chi connectivity index (χ0) is 15.0. The van der Waals surface area contributed by atoms with Crippen LogP contribution in [0.15, 0.2) is 18.2 Å². The lowest BCUT2D eigenvalue weighted by atomic mass is 10.0. The van der Waals surface area contributed by atoms with Crippen molar-refractivity contribution in [2.75, 3.05) is 19.6 Å². The Morgan fingerprint density at radius 3 is 2.70 bits per heavy atom. The summed E-state index contributed by atoms with van der Waals surface area (Å²) < 4.78 is 0. The number of benzene rings is 1. The second-order valence-corrected chi connectivity index (χ2v) is 4.12. The summed E-state index contributed by atoms with van der Waals surface area (Å²) >= 11 is 0. The summed E-state index contributed by atoms with van der Waals surface area (Å²) in [5.41, 5.74) is 7.39. The van der Waals surface area contributed by atoms with Gasteiger partial charge in [0.1, 0.15) is 0 Å². The largest absolute Gasteiger partial charge is 0.355 e. The molecule has 20 heavy (non-hydrogen) atoms. The zero-order valence-electron chi connectivity index (χ0n) is 11.7. The number of nitrogens with two attached hydrogens (primary N) is 1. The Morgan fingerprint density at radius 2 is 2.05 bits per heavy atom. The molecule has 1 rings (SSSR count). The molecule has 5 nitrogen and oxygen atoms in total. The standard InChI is InChI=1S/C15H19N3O2/c1-3-17-14(19)10-18-15(20)13-8-4-6-12(11(13)2)7-5-9-16/h4,6,8H,3,9-10,16H2,1-2H3,(H,17,19)(H,18,20). The summed E-state index contributed by atoms with van der Waals surface area (Å²) in [4.78, 5) is 23.3. The maximum Gasteiger partial charge on any atom is 0.252 e. The molecular formula is C15H19N3O2. The summed E-state index contributed by atoms with van der Waals surface area (Å²) in [5.74, 6) is 5.18. The van der Waals surface area contributed by atoms with Gasteiger partial charge < -0.3 is 16.4 Å². The minimum atomic E-state index is -0.287. The molecule has 0 aliphatic heterocycles. The summed E-state index contributed by atoms with van der Waals surface area (Å²) in [5, 5.41) is 5.20. The van der Waals surface area contributed by atoms with Gasteiger partial charge in [-0.15, -0.1) is 0 Å². The van der Waals surface area contributed by atoms with E-state index < -0.39 is 0 Å². The van der Waals surface area contributed by atoms with Crippen molar-refractivity contribution < 1.29 is 9.59 Å². The second kappa shape index (κ2) is 7.97. The molecule has 106 valence electrons. The highest BCUT2D eigenvalue weighted by Gasteiger charge is 2.11. The molecule has 0 aliphatic rings. The molecule has 2 amide bonds. The first-order valence-corrected chi connectivity index (χ1v) is 6.43. The fourth-order valence-corrected chi connectivity index (χ4v) is 1.68. The van der Waals surface area contributed by atoms with Crippen LogP contribution >= 0.6 is 0 Å². The average molecular weight is 273 g/mol. The Labute approximate surface area is 118 Å². The van der Waals surface area contributed by atoms with E-state index >= 15 is 0 Å². The van der Waals surface area contributed by atoms with Crippen LogP contribution in [0.2, 0.25) is 0 Å². The molecule has 4 N–H and O–H groups in total. The third kappa shape index (κ3) is 4.41. The Bertz CT molecular complexity index is 556. The predicted molar refractivity (Wildman–Crippen MR) is 78.1 cm³/mol.